The van der Waals surface area contributed by atoms with E-state index >= 15 is 0 Å². The molecule has 0 bridgehead atoms. The van der Waals surface area contributed by atoms with Crippen LogP contribution in [0.15, 0.2) is 24.3 Å². The molecule has 2 N–H and O–H groups in total. The molecule has 1 saturated heterocycles. The fourth-order valence-corrected chi connectivity index (χ4v) is 5.17. The molecule has 28 heavy (non-hydrogen) atoms. The Bertz CT molecular complexity index is 705. The van der Waals surface area contributed by atoms with Crippen LogP contribution >= 0.6 is 0 Å². The Morgan fingerprint density at radius 3 is 2.21 bits per heavy atom. The van der Waals surface area contributed by atoms with Crippen molar-refractivity contribution in [2.24, 2.45) is 5.92 Å². The van der Waals surface area contributed by atoms with Crippen molar-refractivity contribution in [1.82, 2.24) is 4.72 Å². The number of benzene rings is 1. The standard InChI is InChI=1S/C21H35N3O3S/c1-4-28(25,26)23-20-7-5-18(6-8-20)13-22-19-9-11-21(12-10-19)24-14-16(2)27-17(3)15-24/h9-12,16-18,20,22-23H,4-8,13-15H2,1-3H3/t16-,17+,18-,20-. The van der Waals surface area contributed by atoms with E-state index < -0.39 is 10.0 Å². The predicted octanol–water partition coefficient (Wildman–Crippen LogP) is 3.21. The van der Waals surface area contributed by atoms with E-state index in [-0.39, 0.29) is 24.0 Å². The lowest BCUT2D eigenvalue weighted by atomic mass is 9.86. The van der Waals surface area contributed by atoms with Gasteiger partial charge < -0.3 is 15.0 Å². The molecule has 6 nitrogen and oxygen atoms in total. The number of ether oxygens (including phenoxy) is 1. The van der Waals surface area contributed by atoms with Crippen LogP contribution in [0, 0.1) is 5.92 Å². The maximum absolute atomic E-state index is 11.7. The number of sulfonamides is 1. The van der Waals surface area contributed by atoms with Gasteiger partial charge in [-0.2, -0.15) is 0 Å². The van der Waals surface area contributed by atoms with Crippen molar-refractivity contribution in [3.8, 4) is 0 Å². The van der Waals surface area contributed by atoms with Crippen LogP contribution in [-0.4, -0.2) is 52.1 Å². The molecule has 0 amide bonds. The van der Waals surface area contributed by atoms with Gasteiger partial charge in [0.2, 0.25) is 10.0 Å². The first-order valence-electron chi connectivity index (χ1n) is 10.6. The molecule has 3 rings (SSSR count). The van der Waals surface area contributed by atoms with E-state index in [0.717, 1.165) is 51.0 Å². The van der Waals surface area contributed by atoms with Gasteiger partial charge in [-0.3, -0.25) is 0 Å². The molecule has 1 heterocycles. The molecule has 0 unspecified atom stereocenters. The Balaban J connectivity index is 1.43. The lowest BCUT2D eigenvalue weighted by Crippen LogP contribution is -2.45. The van der Waals surface area contributed by atoms with Crippen molar-refractivity contribution in [2.45, 2.75) is 64.7 Å². The zero-order chi connectivity index (χ0) is 20.1. The fraction of sp³-hybridized carbons (Fsp3) is 0.714. The monoisotopic (exact) mass is 409 g/mol. The SMILES string of the molecule is CCS(=O)(=O)N[C@H]1CC[C@H](CNc2ccc(N3C[C@@H](C)O[C@@H](C)C3)cc2)CC1. The highest BCUT2D eigenvalue weighted by atomic mass is 32.2. The molecule has 0 radical (unpaired) electrons. The van der Waals surface area contributed by atoms with Crippen molar-refractivity contribution in [3.63, 3.8) is 0 Å². The quantitative estimate of drug-likeness (QED) is 0.724. The van der Waals surface area contributed by atoms with Crippen LogP contribution in [0.2, 0.25) is 0 Å². The van der Waals surface area contributed by atoms with Crippen molar-refractivity contribution >= 4 is 21.4 Å². The van der Waals surface area contributed by atoms with Gasteiger partial charge in [-0.1, -0.05) is 0 Å². The minimum Gasteiger partial charge on any atom is -0.385 e. The van der Waals surface area contributed by atoms with Gasteiger partial charge in [0, 0.05) is 37.1 Å². The zero-order valence-electron chi connectivity index (χ0n) is 17.4. The molecule has 2 aliphatic rings. The Hall–Kier alpha value is -1.31. The van der Waals surface area contributed by atoms with E-state index in [4.69, 9.17) is 4.74 Å². The second-order valence-corrected chi connectivity index (χ2v) is 10.4. The summed E-state index contributed by atoms with van der Waals surface area (Å²) >= 11 is 0. The third-order valence-corrected chi connectivity index (χ3v) is 7.27. The molecule has 0 aromatic heterocycles. The summed E-state index contributed by atoms with van der Waals surface area (Å²) in [5.41, 5.74) is 2.39. The first-order valence-corrected chi connectivity index (χ1v) is 12.2. The molecule has 7 heteroatoms. The van der Waals surface area contributed by atoms with Crippen molar-refractivity contribution < 1.29 is 13.2 Å². The molecule has 2 fully saturated rings. The summed E-state index contributed by atoms with van der Waals surface area (Å²) in [7, 11) is -3.09. The number of hydrogen-bond acceptors (Lipinski definition) is 5. The number of morpholine rings is 1. The van der Waals surface area contributed by atoms with E-state index in [2.05, 4.69) is 53.1 Å². The van der Waals surface area contributed by atoms with E-state index in [1.54, 1.807) is 6.92 Å². The fourth-order valence-electron chi connectivity index (χ4n) is 4.26. The molecule has 2 atom stereocenters. The number of anilines is 2. The summed E-state index contributed by atoms with van der Waals surface area (Å²) in [6.07, 6.45) is 4.50. The summed E-state index contributed by atoms with van der Waals surface area (Å²) in [5, 5.41) is 3.55. The minimum absolute atomic E-state index is 0.110. The second-order valence-electron chi connectivity index (χ2n) is 8.33. The van der Waals surface area contributed by atoms with E-state index in [0.29, 0.717) is 5.92 Å². The van der Waals surface area contributed by atoms with Gasteiger partial charge in [0.05, 0.1) is 18.0 Å². The van der Waals surface area contributed by atoms with Gasteiger partial charge in [0.25, 0.3) is 0 Å². The van der Waals surface area contributed by atoms with Gasteiger partial charge in [0.15, 0.2) is 0 Å². The van der Waals surface area contributed by atoms with Gasteiger partial charge >= 0.3 is 0 Å². The molecule has 1 aromatic rings. The number of nitrogens with zero attached hydrogens (tertiary/aromatic N) is 1. The van der Waals surface area contributed by atoms with Crippen LogP contribution < -0.4 is 14.9 Å². The normalized spacial score (nSPS) is 28.9. The lowest BCUT2D eigenvalue weighted by molar-refractivity contribution is -0.00521. The third-order valence-electron chi connectivity index (χ3n) is 5.82. The lowest BCUT2D eigenvalue weighted by Gasteiger charge is -2.37. The Labute approximate surface area is 170 Å². The molecular weight excluding hydrogens is 374 g/mol. The molecule has 0 spiro atoms. The van der Waals surface area contributed by atoms with Crippen LogP contribution in [0.3, 0.4) is 0 Å². The number of hydrogen-bond donors (Lipinski definition) is 2. The van der Waals surface area contributed by atoms with Gasteiger partial charge in [-0.15, -0.1) is 0 Å². The number of rotatable bonds is 7. The van der Waals surface area contributed by atoms with Gasteiger partial charge in [-0.05, 0) is 76.6 Å². The van der Waals surface area contributed by atoms with Crippen molar-refractivity contribution in [3.05, 3.63) is 24.3 Å². The van der Waals surface area contributed by atoms with Crippen LogP contribution in [0.4, 0.5) is 11.4 Å². The van der Waals surface area contributed by atoms with Crippen molar-refractivity contribution in [2.75, 3.05) is 35.6 Å². The van der Waals surface area contributed by atoms with Crippen LogP contribution in [0.1, 0.15) is 46.5 Å². The van der Waals surface area contributed by atoms with E-state index in [1.807, 2.05) is 0 Å². The van der Waals surface area contributed by atoms with Crippen molar-refractivity contribution in [1.29, 1.82) is 0 Å². The average molecular weight is 410 g/mol. The summed E-state index contributed by atoms with van der Waals surface area (Å²) in [5.74, 6) is 0.759. The smallest absolute Gasteiger partial charge is 0.211 e. The first-order chi connectivity index (χ1) is 13.3. The molecule has 1 aliphatic carbocycles. The van der Waals surface area contributed by atoms with Gasteiger partial charge in [0.1, 0.15) is 0 Å². The highest BCUT2D eigenvalue weighted by molar-refractivity contribution is 7.89. The maximum Gasteiger partial charge on any atom is 0.211 e. The maximum atomic E-state index is 11.7. The summed E-state index contributed by atoms with van der Waals surface area (Å²) < 4.78 is 32.0. The van der Waals surface area contributed by atoms with Crippen LogP contribution in [-0.2, 0) is 14.8 Å². The topological polar surface area (TPSA) is 70.7 Å². The molecule has 1 aromatic carbocycles. The van der Waals surface area contributed by atoms with Crippen LogP contribution in [0.25, 0.3) is 0 Å². The highest BCUT2D eigenvalue weighted by Gasteiger charge is 2.24. The van der Waals surface area contributed by atoms with E-state index in [9.17, 15) is 8.42 Å². The predicted molar refractivity (Wildman–Crippen MR) is 115 cm³/mol. The van der Waals surface area contributed by atoms with Crippen LogP contribution in [0.5, 0.6) is 0 Å². The second kappa shape index (κ2) is 9.46. The Morgan fingerprint density at radius 1 is 1.04 bits per heavy atom. The molecule has 158 valence electrons. The van der Waals surface area contributed by atoms with Gasteiger partial charge in [-0.25, -0.2) is 13.1 Å². The highest BCUT2D eigenvalue weighted by Crippen LogP contribution is 2.26. The Morgan fingerprint density at radius 2 is 1.64 bits per heavy atom. The third kappa shape index (κ3) is 6.09. The summed E-state index contributed by atoms with van der Waals surface area (Å²) in [4.78, 5) is 2.39. The molecular formula is C21H35N3O3S. The first kappa shape index (κ1) is 21.4. The summed E-state index contributed by atoms with van der Waals surface area (Å²) in [6.45, 7) is 8.74. The molecule has 1 saturated carbocycles. The average Bonchev–Trinajstić information content (AvgIpc) is 2.67. The largest absolute Gasteiger partial charge is 0.385 e. The van der Waals surface area contributed by atoms with E-state index in [1.165, 1.54) is 5.69 Å². The number of nitrogens with one attached hydrogen (secondary N) is 2. The zero-order valence-corrected chi connectivity index (χ0v) is 18.2. The summed E-state index contributed by atoms with van der Waals surface area (Å²) in [6, 6.07) is 8.79. The Kier molecular flexibility index (Phi) is 7.23. The minimum atomic E-state index is -3.09. The molecule has 1 aliphatic heterocycles.